The summed E-state index contributed by atoms with van der Waals surface area (Å²) in [6.45, 7) is 6.25. The van der Waals surface area contributed by atoms with E-state index in [1.165, 1.54) is 17.4 Å². The summed E-state index contributed by atoms with van der Waals surface area (Å²) in [5, 5.41) is 12.6. The fourth-order valence-corrected chi connectivity index (χ4v) is 3.95. The molecule has 3 aromatic rings. The Morgan fingerprint density at radius 3 is 2.89 bits per heavy atom. The van der Waals surface area contributed by atoms with Crippen molar-refractivity contribution in [2.75, 3.05) is 36.5 Å². The molecule has 1 saturated heterocycles. The van der Waals surface area contributed by atoms with Crippen LogP contribution >= 0.6 is 11.3 Å². The van der Waals surface area contributed by atoms with E-state index in [0.29, 0.717) is 42.5 Å². The summed E-state index contributed by atoms with van der Waals surface area (Å²) >= 11 is 1.39. The first-order chi connectivity index (χ1) is 13.2. The van der Waals surface area contributed by atoms with E-state index in [1.54, 1.807) is 6.07 Å². The zero-order valence-electron chi connectivity index (χ0n) is 14.7. The Hall–Kier alpha value is -2.90. The van der Waals surface area contributed by atoms with Crippen LogP contribution in [0.25, 0.3) is 21.4 Å². The largest absolute Gasteiger partial charge is 0.439 e. The lowest BCUT2D eigenvalue weighted by molar-refractivity contribution is 0.121. The smallest absolute Gasteiger partial charge is 0.204 e. The molecule has 3 heterocycles. The van der Waals surface area contributed by atoms with Gasteiger partial charge in [0.1, 0.15) is 10.5 Å². The van der Waals surface area contributed by atoms with Gasteiger partial charge >= 0.3 is 0 Å². The van der Waals surface area contributed by atoms with Gasteiger partial charge < -0.3 is 19.4 Å². The average Bonchev–Trinajstić information content (AvgIpc) is 3.13. The highest BCUT2D eigenvalue weighted by Crippen LogP contribution is 2.35. The summed E-state index contributed by atoms with van der Waals surface area (Å²) in [7, 11) is 0. The lowest BCUT2D eigenvalue weighted by Crippen LogP contribution is -2.36. The molecule has 0 aliphatic carbocycles. The Bertz CT molecular complexity index is 1060. The van der Waals surface area contributed by atoms with Crippen LogP contribution in [0.15, 0.2) is 57.6 Å². The lowest BCUT2D eigenvalue weighted by Gasteiger charge is -2.27. The summed E-state index contributed by atoms with van der Waals surface area (Å²) < 4.78 is 12.1. The molecular formula is C20H19N3O3S. The molecule has 0 amide bonds. The van der Waals surface area contributed by atoms with E-state index < -0.39 is 0 Å². The van der Waals surface area contributed by atoms with Crippen molar-refractivity contribution < 1.29 is 9.15 Å². The normalized spacial score (nSPS) is 14.3. The van der Waals surface area contributed by atoms with Gasteiger partial charge in [-0.2, -0.15) is 0 Å². The molecule has 0 atom stereocenters. The van der Waals surface area contributed by atoms with Crippen LogP contribution in [0.5, 0.6) is 0 Å². The van der Waals surface area contributed by atoms with Gasteiger partial charge in [-0.05, 0) is 23.8 Å². The number of amidine groups is 1. The molecule has 6 nitrogen and oxygen atoms in total. The second-order valence-electron chi connectivity index (χ2n) is 6.18. The van der Waals surface area contributed by atoms with Gasteiger partial charge in [-0.1, -0.05) is 18.7 Å². The molecule has 1 aliphatic rings. The third kappa shape index (κ3) is 3.51. The van der Waals surface area contributed by atoms with Crippen LogP contribution in [0.4, 0.5) is 11.6 Å². The highest BCUT2D eigenvalue weighted by Gasteiger charge is 2.18. The molecule has 1 aliphatic heterocycles. The van der Waals surface area contributed by atoms with E-state index >= 15 is 0 Å². The molecule has 1 aromatic carbocycles. The van der Waals surface area contributed by atoms with Gasteiger partial charge in [0, 0.05) is 35.8 Å². The number of hydrogen-bond donors (Lipinski definition) is 2. The maximum atomic E-state index is 12.6. The molecule has 0 unspecified atom stereocenters. The third-order valence-electron chi connectivity index (χ3n) is 4.41. The SMILES string of the molecule is C=CC(=N)Nc1cccc(-c2csc3c(=O)cc(N4CCOCC4)oc23)c1. The van der Waals surface area contributed by atoms with Crippen molar-refractivity contribution >= 4 is 39.0 Å². The molecule has 0 bridgehead atoms. The number of thiophene rings is 1. The Labute approximate surface area is 160 Å². The Kier molecular flexibility index (Phi) is 4.79. The molecule has 2 aromatic heterocycles. The molecule has 1 fully saturated rings. The predicted molar refractivity (Wildman–Crippen MR) is 110 cm³/mol. The first-order valence-electron chi connectivity index (χ1n) is 8.62. The number of anilines is 2. The zero-order chi connectivity index (χ0) is 18.8. The number of nitrogens with zero attached hydrogens (tertiary/aromatic N) is 1. The summed E-state index contributed by atoms with van der Waals surface area (Å²) in [4.78, 5) is 14.6. The van der Waals surface area contributed by atoms with E-state index in [2.05, 4.69) is 11.9 Å². The molecule has 138 valence electrons. The van der Waals surface area contributed by atoms with E-state index in [1.807, 2.05) is 34.5 Å². The number of benzene rings is 1. The maximum absolute atomic E-state index is 12.6. The standard InChI is InChI=1S/C20H19N3O3S/c1-2-17(21)22-14-5-3-4-13(10-14)15-12-27-20-16(24)11-18(26-19(15)20)23-6-8-25-9-7-23/h2-5,10-12H,1,6-9H2,(H2,21,22). The van der Waals surface area contributed by atoms with Crippen LogP contribution in [0, 0.1) is 5.41 Å². The van der Waals surface area contributed by atoms with E-state index in [9.17, 15) is 4.79 Å². The second kappa shape index (κ2) is 7.38. The van der Waals surface area contributed by atoms with Gasteiger partial charge in [0.15, 0.2) is 11.5 Å². The lowest BCUT2D eigenvalue weighted by atomic mass is 10.1. The molecule has 4 rings (SSSR count). The summed E-state index contributed by atoms with van der Waals surface area (Å²) in [5.41, 5.74) is 3.14. The van der Waals surface area contributed by atoms with Gasteiger partial charge in [-0.3, -0.25) is 10.2 Å². The van der Waals surface area contributed by atoms with E-state index in [-0.39, 0.29) is 11.3 Å². The number of ether oxygens (including phenoxy) is 1. The highest BCUT2D eigenvalue weighted by molar-refractivity contribution is 7.17. The van der Waals surface area contributed by atoms with Gasteiger partial charge in [-0.25, -0.2) is 0 Å². The van der Waals surface area contributed by atoms with Gasteiger partial charge in [0.2, 0.25) is 5.43 Å². The van der Waals surface area contributed by atoms with Crippen LogP contribution in [0.3, 0.4) is 0 Å². The number of nitrogens with one attached hydrogen (secondary N) is 2. The van der Waals surface area contributed by atoms with Gasteiger partial charge in [-0.15, -0.1) is 11.3 Å². The summed E-state index contributed by atoms with van der Waals surface area (Å²) in [6.07, 6.45) is 1.44. The van der Waals surface area contributed by atoms with Crippen LogP contribution in [-0.2, 0) is 4.74 Å². The van der Waals surface area contributed by atoms with Crippen molar-refractivity contribution in [3.05, 3.63) is 58.6 Å². The molecule has 0 spiro atoms. The number of morpholine rings is 1. The Balaban J connectivity index is 1.77. The van der Waals surface area contributed by atoms with Crippen LogP contribution in [0.2, 0.25) is 0 Å². The quantitative estimate of drug-likeness (QED) is 0.529. The number of fused-ring (bicyclic) bond motifs is 1. The predicted octanol–water partition coefficient (Wildman–Crippen LogP) is 3.93. The minimum atomic E-state index is -0.0308. The van der Waals surface area contributed by atoms with Crippen molar-refractivity contribution in [3.8, 4) is 11.1 Å². The van der Waals surface area contributed by atoms with Crippen molar-refractivity contribution in [1.29, 1.82) is 5.41 Å². The summed E-state index contributed by atoms with van der Waals surface area (Å²) in [5.74, 6) is 0.807. The van der Waals surface area contributed by atoms with Crippen LogP contribution in [-0.4, -0.2) is 32.1 Å². The van der Waals surface area contributed by atoms with E-state index in [4.69, 9.17) is 14.6 Å². The average molecular weight is 381 g/mol. The molecular weight excluding hydrogens is 362 g/mol. The monoisotopic (exact) mass is 381 g/mol. The summed E-state index contributed by atoms with van der Waals surface area (Å²) in [6, 6.07) is 9.25. The topological polar surface area (TPSA) is 78.6 Å². The molecule has 0 saturated carbocycles. The first kappa shape index (κ1) is 17.5. The maximum Gasteiger partial charge on any atom is 0.204 e. The number of hydrogen-bond acceptors (Lipinski definition) is 6. The van der Waals surface area contributed by atoms with E-state index in [0.717, 1.165) is 16.8 Å². The Morgan fingerprint density at radius 1 is 1.30 bits per heavy atom. The highest BCUT2D eigenvalue weighted by atomic mass is 32.1. The van der Waals surface area contributed by atoms with Crippen molar-refractivity contribution in [3.63, 3.8) is 0 Å². The van der Waals surface area contributed by atoms with Crippen molar-refractivity contribution in [2.45, 2.75) is 0 Å². The van der Waals surface area contributed by atoms with Crippen LogP contribution < -0.4 is 15.6 Å². The fourth-order valence-electron chi connectivity index (χ4n) is 3.04. The van der Waals surface area contributed by atoms with Gasteiger partial charge in [0.25, 0.3) is 0 Å². The molecule has 0 radical (unpaired) electrons. The molecule has 27 heavy (non-hydrogen) atoms. The van der Waals surface area contributed by atoms with Gasteiger partial charge in [0.05, 0.1) is 13.2 Å². The molecule has 7 heteroatoms. The fraction of sp³-hybridized carbons (Fsp3) is 0.200. The third-order valence-corrected chi connectivity index (χ3v) is 5.39. The second-order valence-corrected chi connectivity index (χ2v) is 7.06. The minimum Gasteiger partial charge on any atom is -0.439 e. The number of rotatable bonds is 4. The zero-order valence-corrected chi connectivity index (χ0v) is 15.5. The van der Waals surface area contributed by atoms with Crippen LogP contribution in [0.1, 0.15) is 0 Å². The minimum absolute atomic E-state index is 0.0308. The van der Waals surface area contributed by atoms with Crippen molar-refractivity contribution in [2.24, 2.45) is 0 Å². The first-order valence-corrected chi connectivity index (χ1v) is 9.50. The molecule has 2 N–H and O–H groups in total. The Morgan fingerprint density at radius 2 is 2.11 bits per heavy atom. The van der Waals surface area contributed by atoms with Crippen molar-refractivity contribution in [1.82, 2.24) is 0 Å².